The highest BCUT2D eigenvalue weighted by molar-refractivity contribution is 5.00. The number of rotatable bonds is 7. The molecule has 0 rings (SSSR count). The highest BCUT2D eigenvalue weighted by Gasteiger charge is 2.16. The van der Waals surface area contributed by atoms with E-state index in [0.717, 1.165) is 32.5 Å². The third kappa shape index (κ3) is 5.95. The molecule has 0 aromatic heterocycles. The van der Waals surface area contributed by atoms with Gasteiger partial charge >= 0.3 is 0 Å². The summed E-state index contributed by atoms with van der Waals surface area (Å²) >= 11 is 0. The van der Waals surface area contributed by atoms with Crippen molar-refractivity contribution in [2.45, 2.75) is 45.6 Å². The number of nitrogens with zero attached hydrogens (tertiary/aromatic N) is 2. The molecule has 0 aromatic rings. The van der Waals surface area contributed by atoms with Gasteiger partial charge in [-0.1, -0.05) is 13.8 Å². The lowest BCUT2D eigenvalue weighted by Crippen LogP contribution is -2.35. The molecule has 0 saturated carbocycles. The summed E-state index contributed by atoms with van der Waals surface area (Å²) in [6.45, 7) is 9.43. The Morgan fingerprint density at radius 2 is 2.00 bits per heavy atom. The third-order valence-corrected chi connectivity index (χ3v) is 2.41. The van der Waals surface area contributed by atoms with Crippen LogP contribution in [0.25, 0.3) is 0 Å². The Balaban J connectivity index is 3.67. The molecule has 0 amide bonds. The van der Waals surface area contributed by atoms with Gasteiger partial charge in [0.1, 0.15) is 5.54 Å². The first-order chi connectivity index (χ1) is 6.55. The van der Waals surface area contributed by atoms with Gasteiger partial charge in [-0.3, -0.25) is 0 Å². The Bertz CT molecular complexity index is 181. The Morgan fingerprint density at radius 1 is 1.36 bits per heavy atom. The van der Waals surface area contributed by atoms with E-state index in [-0.39, 0.29) is 0 Å². The van der Waals surface area contributed by atoms with Gasteiger partial charge in [0.2, 0.25) is 0 Å². The highest BCUT2D eigenvalue weighted by atomic mass is 15.1. The minimum absolute atomic E-state index is 0.647. The molecule has 3 heteroatoms. The lowest BCUT2D eigenvalue weighted by atomic mass is 9.99. The van der Waals surface area contributed by atoms with Crippen molar-refractivity contribution in [1.29, 1.82) is 5.26 Å². The van der Waals surface area contributed by atoms with Crippen LogP contribution >= 0.6 is 0 Å². The molecule has 0 spiro atoms. The molecule has 0 aliphatic heterocycles. The first-order valence-corrected chi connectivity index (χ1v) is 5.48. The number of nitrogens with two attached hydrogens (primary N) is 1. The number of hydrogen-bond donors (Lipinski definition) is 1. The molecule has 82 valence electrons. The molecule has 1 atom stereocenters. The Labute approximate surface area is 87.9 Å². The topological polar surface area (TPSA) is 53.0 Å². The normalized spacial score (nSPS) is 15.1. The van der Waals surface area contributed by atoms with Crippen molar-refractivity contribution in [3.63, 3.8) is 0 Å². The van der Waals surface area contributed by atoms with Gasteiger partial charge in [-0.15, -0.1) is 0 Å². The molecule has 0 saturated heterocycles. The summed E-state index contributed by atoms with van der Waals surface area (Å²) in [7, 11) is 0. The fourth-order valence-corrected chi connectivity index (χ4v) is 1.47. The van der Waals surface area contributed by atoms with Crippen molar-refractivity contribution in [2.75, 3.05) is 19.6 Å². The van der Waals surface area contributed by atoms with Crippen LogP contribution in [0.2, 0.25) is 0 Å². The molecular formula is C11H23N3. The van der Waals surface area contributed by atoms with Crippen LogP contribution in [-0.2, 0) is 0 Å². The molecule has 0 bridgehead atoms. The SMILES string of the molecule is CCCN(CC)CCCC(C)(N)C#N. The first kappa shape index (κ1) is 13.4. The fraction of sp³-hybridized carbons (Fsp3) is 0.909. The zero-order chi connectivity index (χ0) is 11.0. The molecule has 2 N–H and O–H groups in total. The molecule has 3 nitrogen and oxygen atoms in total. The van der Waals surface area contributed by atoms with E-state index in [2.05, 4.69) is 24.8 Å². The van der Waals surface area contributed by atoms with Crippen molar-refractivity contribution in [3.05, 3.63) is 0 Å². The van der Waals surface area contributed by atoms with Crippen LogP contribution in [0.1, 0.15) is 40.0 Å². The van der Waals surface area contributed by atoms with E-state index in [1.54, 1.807) is 6.92 Å². The van der Waals surface area contributed by atoms with Crippen molar-refractivity contribution < 1.29 is 0 Å². The average molecular weight is 197 g/mol. The zero-order valence-electron chi connectivity index (χ0n) is 9.71. The summed E-state index contributed by atoms with van der Waals surface area (Å²) in [4.78, 5) is 2.40. The molecule has 14 heavy (non-hydrogen) atoms. The molecular weight excluding hydrogens is 174 g/mol. The maximum absolute atomic E-state index is 8.73. The van der Waals surface area contributed by atoms with Gasteiger partial charge < -0.3 is 10.6 Å². The van der Waals surface area contributed by atoms with E-state index in [9.17, 15) is 0 Å². The van der Waals surface area contributed by atoms with E-state index >= 15 is 0 Å². The van der Waals surface area contributed by atoms with Crippen LogP contribution < -0.4 is 5.73 Å². The van der Waals surface area contributed by atoms with Gasteiger partial charge in [0, 0.05) is 0 Å². The minimum Gasteiger partial charge on any atom is -0.314 e. The third-order valence-electron chi connectivity index (χ3n) is 2.41. The predicted octanol–water partition coefficient (Wildman–Crippen LogP) is 1.74. The second kappa shape index (κ2) is 6.80. The lowest BCUT2D eigenvalue weighted by molar-refractivity contribution is 0.276. The minimum atomic E-state index is -0.647. The Hall–Kier alpha value is -0.590. The fourth-order valence-electron chi connectivity index (χ4n) is 1.47. The Morgan fingerprint density at radius 3 is 2.43 bits per heavy atom. The predicted molar refractivity (Wildman–Crippen MR) is 59.8 cm³/mol. The van der Waals surface area contributed by atoms with Crippen molar-refractivity contribution in [2.24, 2.45) is 5.73 Å². The van der Waals surface area contributed by atoms with Crippen LogP contribution in [0.15, 0.2) is 0 Å². The second-order valence-corrected chi connectivity index (χ2v) is 4.07. The summed E-state index contributed by atoms with van der Waals surface area (Å²) in [5.74, 6) is 0. The van der Waals surface area contributed by atoms with Crippen LogP contribution in [0.3, 0.4) is 0 Å². The van der Waals surface area contributed by atoms with E-state index in [0.29, 0.717) is 0 Å². The first-order valence-electron chi connectivity index (χ1n) is 5.48. The zero-order valence-corrected chi connectivity index (χ0v) is 9.71. The molecule has 0 aliphatic rings. The second-order valence-electron chi connectivity index (χ2n) is 4.07. The van der Waals surface area contributed by atoms with Gasteiger partial charge in [0.15, 0.2) is 0 Å². The van der Waals surface area contributed by atoms with E-state index < -0.39 is 5.54 Å². The average Bonchev–Trinajstić information content (AvgIpc) is 2.16. The van der Waals surface area contributed by atoms with Gasteiger partial charge in [-0.05, 0) is 45.8 Å². The van der Waals surface area contributed by atoms with Gasteiger partial charge in [0.05, 0.1) is 6.07 Å². The summed E-state index contributed by atoms with van der Waals surface area (Å²) in [5, 5.41) is 8.73. The van der Waals surface area contributed by atoms with Crippen LogP contribution in [-0.4, -0.2) is 30.1 Å². The van der Waals surface area contributed by atoms with Crippen molar-refractivity contribution in [1.82, 2.24) is 4.90 Å². The van der Waals surface area contributed by atoms with E-state index in [4.69, 9.17) is 11.0 Å². The van der Waals surface area contributed by atoms with Gasteiger partial charge in [0.25, 0.3) is 0 Å². The van der Waals surface area contributed by atoms with E-state index in [1.165, 1.54) is 6.42 Å². The molecule has 1 unspecified atom stereocenters. The summed E-state index contributed by atoms with van der Waals surface area (Å²) in [5.41, 5.74) is 5.09. The molecule has 0 fully saturated rings. The maximum atomic E-state index is 8.73. The largest absolute Gasteiger partial charge is 0.314 e. The molecule has 0 heterocycles. The Kier molecular flexibility index (Phi) is 6.52. The van der Waals surface area contributed by atoms with Crippen molar-refractivity contribution >= 4 is 0 Å². The van der Waals surface area contributed by atoms with Crippen LogP contribution in [0.4, 0.5) is 0 Å². The molecule has 0 aromatic carbocycles. The quantitative estimate of drug-likeness (QED) is 0.676. The number of hydrogen-bond acceptors (Lipinski definition) is 3. The summed E-state index contributed by atoms with van der Waals surface area (Å²) in [6, 6.07) is 2.12. The van der Waals surface area contributed by atoms with Crippen LogP contribution in [0.5, 0.6) is 0 Å². The monoisotopic (exact) mass is 197 g/mol. The van der Waals surface area contributed by atoms with E-state index in [1.807, 2.05) is 0 Å². The highest BCUT2D eigenvalue weighted by Crippen LogP contribution is 2.08. The van der Waals surface area contributed by atoms with Crippen molar-refractivity contribution in [3.8, 4) is 6.07 Å². The molecule has 0 radical (unpaired) electrons. The molecule has 0 aliphatic carbocycles. The smallest absolute Gasteiger partial charge is 0.101 e. The van der Waals surface area contributed by atoms with Crippen LogP contribution in [0, 0.1) is 11.3 Å². The van der Waals surface area contributed by atoms with Gasteiger partial charge in [-0.25, -0.2) is 0 Å². The number of nitriles is 1. The lowest BCUT2D eigenvalue weighted by Gasteiger charge is -2.21. The maximum Gasteiger partial charge on any atom is 0.101 e. The van der Waals surface area contributed by atoms with Gasteiger partial charge in [-0.2, -0.15) is 5.26 Å². The standard InChI is InChI=1S/C11H23N3/c1-4-8-14(5-2)9-6-7-11(3,13)10-12/h4-9,13H2,1-3H3. The summed E-state index contributed by atoms with van der Waals surface area (Å²) < 4.78 is 0. The summed E-state index contributed by atoms with van der Waals surface area (Å²) in [6.07, 6.45) is 2.98.